The number of benzene rings is 2. The molecule has 0 spiro atoms. The summed E-state index contributed by atoms with van der Waals surface area (Å²) in [4.78, 5) is 12.2. The molecule has 2 aromatic carbocycles. The number of carbonyl (C=O) groups is 1. The molecule has 0 amide bonds. The van der Waals surface area contributed by atoms with E-state index >= 15 is 0 Å². The van der Waals surface area contributed by atoms with Crippen LogP contribution in [0.5, 0.6) is 0 Å². The first kappa shape index (κ1) is 19.6. The number of anilines is 1. The molecule has 0 bridgehead atoms. The van der Waals surface area contributed by atoms with Gasteiger partial charge in [0, 0.05) is 0 Å². The van der Waals surface area contributed by atoms with Gasteiger partial charge in [0.1, 0.15) is 4.90 Å². The van der Waals surface area contributed by atoms with Crippen molar-refractivity contribution in [3.8, 4) is 5.69 Å². The van der Waals surface area contributed by atoms with Gasteiger partial charge < -0.3 is 4.74 Å². The maximum absolute atomic E-state index is 13.1. The molecule has 7 nitrogen and oxygen atoms in total. The van der Waals surface area contributed by atoms with E-state index in [0.29, 0.717) is 11.4 Å². The molecular formula is C20H21N3O4S. The number of esters is 1. The van der Waals surface area contributed by atoms with Gasteiger partial charge in [-0.15, -0.1) is 0 Å². The predicted octanol–water partition coefficient (Wildman–Crippen LogP) is 3.47. The molecule has 0 saturated carbocycles. The molecule has 0 aliphatic carbocycles. The number of sulfonamides is 1. The van der Waals surface area contributed by atoms with Gasteiger partial charge in [0.2, 0.25) is 0 Å². The van der Waals surface area contributed by atoms with Crippen LogP contribution < -0.4 is 4.72 Å². The molecular weight excluding hydrogens is 378 g/mol. The minimum Gasteiger partial charge on any atom is -0.462 e. The quantitative estimate of drug-likeness (QED) is 0.641. The van der Waals surface area contributed by atoms with Crippen molar-refractivity contribution in [2.75, 3.05) is 11.3 Å². The second-order valence-corrected chi connectivity index (χ2v) is 7.74. The Morgan fingerprint density at radius 2 is 1.71 bits per heavy atom. The summed E-state index contributed by atoms with van der Waals surface area (Å²) in [6.45, 7) is 5.22. The lowest BCUT2D eigenvalue weighted by molar-refractivity contribution is 0.0527. The summed E-state index contributed by atoms with van der Waals surface area (Å²) in [5.74, 6) is -0.589. The van der Waals surface area contributed by atoms with Gasteiger partial charge in [-0.05, 0) is 45.0 Å². The highest BCUT2D eigenvalue weighted by molar-refractivity contribution is 7.92. The molecule has 146 valence electrons. The first-order valence-corrected chi connectivity index (χ1v) is 10.2. The van der Waals surface area contributed by atoms with Crippen LogP contribution in [0.3, 0.4) is 0 Å². The van der Waals surface area contributed by atoms with E-state index in [1.807, 2.05) is 30.3 Å². The van der Waals surface area contributed by atoms with E-state index in [0.717, 1.165) is 5.69 Å². The zero-order valence-corrected chi connectivity index (χ0v) is 16.7. The molecule has 8 heteroatoms. The third-order valence-corrected chi connectivity index (χ3v) is 5.78. The molecule has 1 heterocycles. The number of rotatable bonds is 6. The van der Waals surface area contributed by atoms with Crippen molar-refractivity contribution in [1.82, 2.24) is 9.78 Å². The number of aromatic nitrogens is 2. The molecule has 1 N–H and O–H groups in total. The largest absolute Gasteiger partial charge is 0.462 e. The maximum atomic E-state index is 13.1. The van der Waals surface area contributed by atoms with Crippen LogP contribution in [-0.2, 0) is 14.8 Å². The average molecular weight is 399 g/mol. The van der Waals surface area contributed by atoms with Crippen molar-refractivity contribution in [3.05, 3.63) is 71.5 Å². The van der Waals surface area contributed by atoms with Gasteiger partial charge in [0.05, 0.1) is 34.9 Å². The lowest BCUT2D eigenvalue weighted by Gasteiger charge is -2.12. The van der Waals surface area contributed by atoms with Crippen molar-refractivity contribution in [3.63, 3.8) is 0 Å². The number of hydrogen-bond donors (Lipinski definition) is 1. The summed E-state index contributed by atoms with van der Waals surface area (Å²) in [5, 5.41) is 4.38. The van der Waals surface area contributed by atoms with Gasteiger partial charge >= 0.3 is 5.97 Å². The topological polar surface area (TPSA) is 90.3 Å². The van der Waals surface area contributed by atoms with Crippen molar-refractivity contribution in [1.29, 1.82) is 0 Å². The van der Waals surface area contributed by atoms with Gasteiger partial charge in [-0.3, -0.25) is 4.72 Å². The van der Waals surface area contributed by atoms with Gasteiger partial charge in [0.15, 0.2) is 0 Å². The Balaban J connectivity index is 2.02. The highest BCUT2D eigenvalue weighted by Gasteiger charge is 2.27. The van der Waals surface area contributed by atoms with Crippen LogP contribution in [0.1, 0.15) is 28.7 Å². The fraction of sp³-hybridized carbons (Fsp3) is 0.200. The zero-order chi connectivity index (χ0) is 20.3. The Bertz CT molecular complexity index is 1110. The van der Waals surface area contributed by atoms with Crippen LogP contribution in [0.25, 0.3) is 5.69 Å². The summed E-state index contributed by atoms with van der Waals surface area (Å²) in [6.07, 6.45) is 0. The lowest BCUT2D eigenvalue weighted by Crippen LogP contribution is -2.18. The highest BCUT2D eigenvalue weighted by atomic mass is 32.2. The summed E-state index contributed by atoms with van der Waals surface area (Å²) in [6, 6.07) is 15.6. The molecule has 28 heavy (non-hydrogen) atoms. The van der Waals surface area contributed by atoms with Crippen molar-refractivity contribution < 1.29 is 17.9 Å². The highest BCUT2D eigenvalue weighted by Crippen LogP contribution is 2.26. The molecule has 0 radical (unpaired) electrons. The third-order valence-electron chi connectivity index (χ3n) is 4.16. The summed E-state index contributed by atoms with van der Waals surface area (Å²) in [5.41, 5.74) is 1.91. The molecule has 3 rings (SSSR count). The van der Waals surface area contributed by atoms with E-state index in [-0.39, 0.29) is 22.8 Å². The van der Waals surface area contributed by atoms with Crippen molar-refractivity contribution in [2.45, 2.75) is 25.7 Å². The number of aryl methyl sites for hydroxylation is 1. The summed E-state index contributed by atoms with van der Waals surface area (Å²) >= 11 is 0. The van der Waals surface area contributed by atoms with Crippen LogP contribution in [-0.4, -0.2) is 30.8 Å². The molecule has 0 unspecified atom stereocenters. The van der Waals surface area contributed by atoms with Crippen LogP contribution in [0.4, 0.5) is 5.69 Å². The van der Waals surface area contributed by atoms with E-state index in [4.69, 9.17) is 4.74 Å². The van der Waals surface area contributed by atoms with Crippen molar-refractivity contribution in [2.24, 2.45) is 0 Å². The predicted molar refractivity (Wildman–Crippen MR) is 106 cm³/mol. The minimum atomic E-state index is -3.97. The first-order chi connectivity index (χ1) is 13.3. The maximum Gasteiger partial charge on any atom is 0.340 e. The van der Waals surface area contributed by atoms with Gasteiger partial charge in [-0.1, -0.05) is 30.3 Å². The molecule has 0 aliphatic heterocycles. The normalized spacial score (nSPS) is 11.2. The fourth-order valence-corrected chi connectivity index (χ4v) is 4.47. The Kier molecular flexibility index (Phi) is 5.51. The molecule has 0 aliphatic rings. The van der Waals surface area contributed by atoms with E-state index in [2.05, 4.69) is 9.82 Å². The van der Waals surface area contributed by atoms with Crippen LogP contribution in [0.15, 0.2) is 59.5 Å². The molecule has 0 saturated heterocycles. The monoisotopic (exact) mass is 399 g/mol. The number of nitrogens with one attached hydrogen (secondary N) is 1. The van der Waals surface area contributed by atoms with Gasteiger partial charge in [-0.25, -0.2) is 17.9 Å². The Labute approximate surface area is 164 Å². The Morgan fingerprint density at radius 3 is 2.39 bits per heavy atom. The van der Waals surface area contributed by atoms with Gasteiger partial charge in [0.25, 0.3) is 10.0 Å². The van der Waals surface area contributed by atoms with Crippen molar-refractivity contribution >= 4 is 21.7 Å². The standard InChI is InChI=1S/C20H21N3O4S/c1-4-27-20(24)17-12-8-9-13-18(17)22-28(25,26)19-14(2)21-23(15(19)3)16-10-6-5-7-11-16/h5-13,22H,4H2,1-3H3. The molecule has 1 aromatic heterocycles. The van der Waals surface area contributed by atoms with Crippen LogP contribution in [0.2, 0.25) is 0 Å². The van der Waals surface area contributed by atoms with E-state index < -0.39 is 16.0 Å². The summed E-state index contributed by atoms with van der Waals surface area (Å²) in [7, 11) is -3.97. The number of ether oxygens (including phenoxy) is 1. The number of para-hydroxylation sites is 2. The zero-order valence-electron chi connectivity index (χ0n) is 15.8. The second-order valence-electron chi connectivity index (χ2n) is 6.12. The van der Waals surface area contributed by atoms with Crippen LogP contribution >= 0.6 is 0 Å². The van der Waals surface area contributed by atoms with E-state index in [9.17, 15) is 13.2 Å². The SMILES string of the molecule is CCOC(=O)c1ccccc1NS(=O)(=O)c1c(C)nn(-c2ccccc2)c1C. The average Bonchev–Trinajstić information content (AvgIpc) is 2.97. The first-order valence-electron chi connectivity index (χ1n) is 8.75. The second kappa shape index (κ2) is 7.85. The molecule has 0 fully saturated rings. The number of nitrogens with zero attached hydrogens (tertiary/aromatic N) is 2. The third kappa shape index (κ3) is 3.77. The minimum absolute atomic E-state index is 0.0787. The Hall–Kier alpha value is -3.13. The number of carbonyl (C=O) groups excluding carboxylic acids is 1. The van der Waals surface area contributed by atoms with E-state index in [1.54, 1.807) is 37.6 Å². The van der Waals surface area contributed by atoms with E-state index in [1.165, 1.54) is 12.1 Å². The number of hydrogen-bond acceptors (Lipinski definition) is 5. The molecule has 0 atom stereocenters. The fourth-order valence-electron chi connectivity index (χ4n) is 2.99. The van der Waals surface area contributed by atoms with Crippen LogP contribution in [0, 0.1) is 13.8 Å². The smallest absolute Gasteiger partial charge is 0.340 e. The summed E-state index contributed by atoms with van der Waals surface area (Å²) < 4.78 is 35.3. The van der Waals surface area contributed by atoms with Gasteiger partial charge in [-0.2, -0.15) is 5.10 Å². The lowest BCUT2D eigenvalue weighted by atomic mass is 10.2. The molecule has 3 aromatic rings. The Morgan fingerprint density at radius 1 is 1.07 bits per heavy atom.